The van der Waals surface area contributed by atoms with Crippen LogP contribution in [-0.4, -0.2) is 24.2 Å². The smallest absolute Gasteiger partial charge is 0.294 e. The topological polar surface area (TPSA) is 74.6 Å². The van der Waals surface area contributed by atoms with Gasteiger partial charge in [-0.3, -0.25) is 4.55 Å². The summed E-state index contributed by atoms with van der Waals surface area (Å²) in [4.78, 5) is -0.0666. The molecule has 1 aromatic carbocycles. The van der Waals surface area contributed by atoms with Gasteiger partial charge in [-0.25, -0.2) is 0 Å². The Morgan fingerprint density at radius 2 is 1.59 bits per heavy atom. The first kappa shape index (κ1) is 14.2. The van der Waals surface area contributed by atoms with Gasteiger partial charge in [0.05, 0.1) is 11.0 Å². The Hall–Kier alpha value is -0.910. The zero-order valence-electron chi connectivity index (χ0n) is 9.83. The van der Waals surface area contributed by atoms with Crippen molar-refractivity contribution in [3.05, 3.63) is 29.8 Å². The largest absolute Gasteiger partial charge is 0.393 e. The van der Waals surface area contributed by atoms with Crippen molar-refractivity contribution in [1.82, 2.24) is 0 Å². The van der Waals surface area contributed by atoms with Crippen LogP contribution in [0.4, 0.5) is 0 Å². The highest BCUT2D eigenvalue weighted by atomic mass is 32.2. The van der Waals surface area contributed by atoms with Crippen LogP contribution in [0, 0.1) is 6.92 Å². The highest BCUT2D eigenvalue weighted by Crippen LogP contribution is 2.16. The van der Waals surface area contributed by atoms with E-state index in [0.29, 0.717) is 0 Å². The van der Waals surface area contributed by atoms with E-state index in [4.69, 9.17) is 9.66 Å². The number of hydrogen-bond donors (Lipinski definition) is 2. The van der Waals surface area contributed by atoms with E-state index in [1.807, 2.05) is 6.92 Å². The van der Waals surface area contributed by atoms with Gasteiger partial charge in [0.2, 0.25) is 0 Å². The molecule has 0 unspecified atom stereocenters. The summed E-state index contributed by atoms with van der Waals surface area (Å²) < 4.78 is 29.6. The fourth-order valence-corrected chi connectivity index (χ4v) is 2.09. The first-order valence-corrected chi connectivity index (χ1v) is 7.06. The standard InChI is InChI=1S/C7H8O3S.C5H10O/c1-6-2-4-7(5-3-6)11(8,9)10;6-5-3-1-2-4-5/h2-5H,1H3,(H,8,9,10);5-6H,1-4H2. The third kappa shape index (κ3) is 5.30. The minimum absolute atomic E-state index is 0.0463. The van der Waals surface area contributed by atoms with Crippen LogP contribution in [0.15, 0.2) is 29.2 Å². The van der Waals surface area contributed by atoms with Gasteiger partial charge in [-0.2, -0.15) is 8.42 Å². The van der Waals surface area contributed by atoms with Gasteiger partial charge in [0.15, 0.2) is 0 Å². The van der Waals surface area contributed by atoms with E-state index in [0.717, 1.165) is 18.4 Å². The fraction of sp³-hybridized carbons (Fsp3) is 0.500. The molecular formula is C12H18O4S. The molecule has 0 amide bonds. The summed E-state index contributed by atoms with van der Waals surface area (Å²) in [7, 11) is -4.02. The van der Waals surface area contributed by atoms with Crippen LogP contribution < -0.4 is 0 Å². The molecule has 0 aromatic heterocycles. The summed E-state index contributed by atoms with van der Waals surface area (Å²) in [5, 5.41) is 8.73. The number of aliphatic hydroxyl groups excluding tert-OH is 1. The summed E-state index contributed by atoms with van der Waals surface area (Å²) >= 11 is 0. The molecule has 1 saturated carbocycles. The van der Waals surface area contributed by atoms with Gasteiger partial charge in [-0.05, 0) is 31.9 Å². The zero-order chi connectivity index (χ0) is 12.9. The van der Waals surface area contributed by atoms with Crippen molar-refractivity contribution in [2.75, 3.05) is 0 Å². The van der Waals surface area contributed by atoms with Crippen molar-refractivity contribution in [2.24, 2.45) is 0 Å². The van der Waals surface area contributed by atoms with E-state index in [1.165, 1.54) is 25.0 Å². The van der Waals surface area contributed by atoms with E-state index in [9.17, 15) is 8.42 Å². The van der Waals surface area contributed by atoms with Gasteiger partial charge in [0.1, 0.15) is 0 Å². The van der Waals surface area contributed by atoms with E-state index in [2.05, 4.69) is 0 Å². The molecule has 17 heavy (non-hydrogen) atoms. The van der Waals surface area contributed by atoms with E-state index in [1.54, 1.807) is 12.1 Å². The van der Waals surface area contributed by atoms with Crippen molar-refractivity contribution in [2.45, 2.75) is 43.6 Å². The minimum Gasteiger partial charge on any atom is -0.393 e. The molecule has 0 saturated heterocycles. The Morgan fingerprint density at radius 3 is 1.88 bits per heavy atom. The van der Waals surface area contributed by atoms with Crippen LogP contribution in [0.25, 0.3) is 0 Å². The lowest BCUT2D eigenvalue weighted by Crippen LogP contribution is -1.96. The summed E-state index contributed by atoms with van der Waals surface area (Å²) in [6, 6.07) is 5.99. The van der Waals surface area contributed by atoms with Crippen LogP contribution in [0.2, 0.25) is 0 Å². The fourth-order valence-electron chi connectivity index (χ4n) is 1.61. The van der Waals surface area contributed by atoms with Gasteiger partial charge < -0.3 is 5.11 Å². The maximum absolute atomic E-state index is 10.5. The second-order valence-electron chi connectivity index (χ2n) is 4.23. The van der Waals surface area contributed by atoms with Gasteiger partial charge in [0, 0.05) is 0 Å². The number of hydrogen-bond acceptors (Lipinski definition) is 3. The average Bonchev–Trinajstić information content (AvgIpc) is 2.69. The van der Waals surface area contributed by atoms with Gasteiger partial charge in [0.25, 0.3) is 10.1 Å². The van der Waals surface area contributed by atoms with E-state index in [-0.39, 0.29) is 11.0 Å². The quantitative estimate of drug-likeness (QED) is 0.757. The van der Waals surface area contributed by atoms with Gasteiger partial charge in [-0.1, -0.05) is 30.5 Å². The third-order valence-electron chi connectivity index (χ3n) is 2.64. The van der Waals surface area contributed by atoms with E-state index >= 15 is 0 Å². The van der Waals surface area contributed by atoms with Gasteiger partial charge in [-0.15, -0.1) is 0 Å². The number of aliphatic hydroxyl groups is 1. The van der Waals surface area contributed by atoms with Crippen molar-refractivity contribution in [1.29, 1.82) is 0 Å². The maximum Gasteiger partial charge on any atom is 0.294 e. The minimum atomic E-state index is -4.02. The summed E-state index contributed by atoms with van der Waals surface area (Å²) in [5.41, 5.74) is 0.956. The van der Waals surface area contributed by atoms with Crippen LogP contribution in [0.3, 0.4) is 0 Å². The first-order chi connectivity index (χ1) is 7.89. The SMILES string of the molecule is Cc1ccc(S(=O)(=O)O)cc1.OC1CCCC1. The lowest BCUT2D eigenvalue weighted by Gasteiger charge is -1.95. The molecule has 0 bridgehead atoms. The van der Waals surface area contributed by atoms with Crippen LogP contribution >= 0.6 is 0 Å². The van der Waals surface area contributed by atoms with Crippen molar-refractivity contribution >= 4 is 10.1 Å². The molecule has 0 spiro atoms. The Kier molecular flexibility index (Phi) is 5.11. The summed E-state index contributed by atoms with van der Waals surface area (Å²) in [6.07, 6.45) is 4.60. The van der Waals surface area contributed by atoms with Crippen molar-refractivity contribution < 1.29 is 18.1 Å². The number of rotatable bonds is 1. The van der Waals surface area contributed by atoms with E-state index < -0.39 is 10.1 Å². The highest BCUT2D eigenvalue weighted by Gasteiger charge is 2.09. The molecule has 4 nitrogen and oxygen atoms in total. The second kappa shape index (κ2) is 6.14. The zero-order valence-corrected chi connectivity index (χ0v) is 10.7. The third-order valence-corrected chi connectivity index (χ3v) is 3.51. The molecule has 1 aliphatic carbocycles. The average molecular weight is 258 g/mol. The number of benzene rings is 1. The van der Waals surface area contributed by atoms with Gasteiger partial charge >= 0.3 is 0 Å². The van der Waals surface area contributed by atoms with Crippen molar-refractivity contribution in [3.63, 3.8) is 0 Å². The highest BCUT2D eigenvalue weighted by molar-refractivity contribution is 7.85. The lowest BCUT2D eigenvalue weighted by molar-refractivity contribution is 0.183. The molecule has 0 radical (unpaired) electrons. The molecule has 1 aromatic rings. The summed E-state index contributed by atoms with van der Waals surface area (Å²) in [6.45, 7) is 1.84. The lowest BCUT2D eigenvalue weighted by atomic mass is 10.2. The molecule has 2 N–H and O–H groups in total. The Bertz CT molecular complexity index is 430. The molecule has 5 heteroatoms. The number of aryl methyl sites for hydroxylation is 1. The molecule has 96 valence electrons. The predicted molar refractivity (Wildman–Crippen MR) is 65.5 cm³/mol. The molecular weight excluding hydrogens is 240 g/mol. The molecule has 1 aliphatic rings. The molecule has 0 heterocycles. The molecule has 1 fully saturated rings. The van der Waals surface area contributed by atoms with Crippen LogP contribution in [-0.2, 0) is 10.1 Å². The molecule has 2 rings (SSSR count). The normalized spacial score (nSPS) is 16.4. The maximum atomic E-state index is 10.5. The van der Waals surface area contributed by atoms with Crippen LogP contribution in [0.5, 0.6) is 0 Å². The Labute approximate surface area is 102 Å². The molecule has 0 atom stereocenters. The van der Waals surface area contributed by atoms with Crippen molar-refractivity contribution in [3.8, 4) is 0 Å². The molecule has 0 aliphatic heterocycles. The predicted octanol–water partition coefficient (Wildman–Crippen LogP) is 2.16. The Balaban J connectivity index is 0.000000202. The summed E-state index contributed by atoms with van der Waals surface area (Å²) in [5.74, 6) is 0. The second-order valence-corrected chi connectivity index (χ2v) is 5.65. The Morgan fingerprint density at radius 1 is 1.12 bits per heavy atom. The van der Waals surface area contributed by atoms with Crippen LogP contribution in [0.1, 0.15) is 31.2 Å². The first-order valence-electron chi connectivity index (χ1n) is 5.62. The monoisotopic (exact) mass is 258 g/mol.